The highest BCUT2D eigenvalue weighted by Gasteiger charge is 2.06. The van der Waals surface area contributed by atoms with Crippen molar-refractivity contribution >= 4 is 5.91 Å². The van der Waals surface area contributed by atoms with Gasteiger partial charge in [-0.15, -0.1) is 0 Å². The smallest absolute Gasteiger partial charge is 0.269 e. The fourth-order valence-corrected chi connectivity index (χ4v) is 1.38. The maximum Gasteiger partial charge on any atom is 0.269 e. The van der Waals surface area contributed by atoms with Gasteiger partial charge in [0.15, 0.2) is 0 Å². The van der Waals surface area contributed by atoms with Gasteiger partial charge in [-0.3, -0.25) is 9.78 Å². The number of aromatic nitrogens is 1. The van der Waals surface area contributed by atoms with Gasteiger partial charge >= 0.3 is 0 Å². The molecular formula is C13H20N2O. The number of carbonyl (C=O) groups excluding carboxylic acids is 1. The van der Waals surface area contributed by atoms with E-state index < -0.39 is 0 Å². The van der Waals surface area contributed by atoms with Crippen LogP contribution < -0.4 is 5.32 Å². The van der Waals surface area contributed by atoms with Crippen molar-refractivity contribution in [2.24, 2.45) is 5.92 Å². The van der Waals surface area contributed by atoms with E-state index in [2.05, 4.69) is 31.1 Å². The Balaban J connectivity index is 2.56. The van der Waals surface area contributed by atoms with Crippen LogP contribution in [0.4, 0.5) is 0 Å². The average molecular weight is 220 g/mol. The zero-order valence-corrected chi connectivity index (χ0v) is 10.3. The summed E-state index contributed by atoms with van der Waals surface area (Å²) in [6, 6.07) is 3.77. The summed E-state index contributed by atoms with van der Waals surface area (Å²) in [5, 5.41) is 2.85. The third kappa shape index (κ3) is 4.01. The number of pyridine rings is 1. The van der Waals surface area contributed by atoms with Gasteiger partial charge in [0, 0.05) is 12.7 Å². The largest absolute Gasteiger partial charge is 0.350 e. The summed E-state index contributed by atoms with van der Waals surface area (Å²) < 4.78 is 0. The van der Waals surface area contributed by atoms with Gasteiger partial charge in [-0.1, -0.05) is 33.3 Å². The fraction of sp³-hybridized carbons (Fsp3) is 0.538. The quantitative estimate of drug-likeness (QED) is 0.828. The van der Waals surface area contributed by atoms with Crippen LogP contribution in [0.1, 0.15) is 43.2 Å². The number of nitrogens with zero attached hydrogens (tertiary/aromatic N) is 1. The molecule has 0 spiro atoms. The lowest BCUT2D eigenvalue weighted by atomic mass is 10.1. The molecule has 1 aromatic rings. The monoisotopic (exact) mass is 220 g/mol. The lowest BCUT2D eigenvalue weighted by Gasteiger charge is -2.07. The number of aryl methyl sites for hydroxylation is 1. The molecule has 0 fully saturated rings. The second kappa shape index (κ2) is 6.26. The van der Waals surface area contributed by atoms with E-state index in [0.29, 0.717) is 18.2 Å². The standard InChI is InChI=1S/C13H20N2O/c1-4-5-11-6-7-12(14-9-11)13(16)15-8-10(2)3/h6-7,9-10H,4-5,8H2,1-3H3,(H,15,16). The number of hydrogen-bond acceptors (Lipinski definition) is 2. The molecule has 0 aliphatic carbocycles. The molecule has 0 atom stereocenters. The number of rotatable bonds is 5. The highest BCUT2D eigenvalue weighted by molar-refractivity contribution is 5.92. The molecule has 1 rings (SSSR count). The van der Waals surface area contributed by atoms with E-state index in [1.54, 1.807) is 12.3 Å². The van der Waals surface area contributed by atoms with Crippen LogP contribution in [-0.2, 0) is 6.42 Å². The summed E-state index contributed by atoms with van der Waals surface area (Å²) in [4.78, 5) is 15.8. The van der Waals surface area contributed by atoms with Gasteiger partial charge in [-0.2, -0.15) is 0 Å². The Kier molecular flexibility index (Phi) is 4.96. The van der Waals surface area contributed by atoms with E-state index in [4.69, 9.17) is 0 Å². The molecule has 0 radical (unpaired) electrons. The van der Waals surface area contributed by atoms with Gasteiger partial charge in [0.2, 0.25) is 0 Å². The van der Waals surface area contributed by atoms with Crippen molar-refractivity contribution < 1.29 is 4.79 Å². The van der Waals surface area contributed by atoms with Crippen molar-refractivity contribution in [1.82, 2.24) is 10.3 Å². The molecule has 0 unspecified atom stereocenters. The predicted octanol–water partition coefficient (Wildman–Crippen LogP) is 2.42. The maximum atomic E-state index is 11.6. The topological polar surface area (TPSA) is 42.0 Å². The molecule has 16 heavy (non-hydrogen) atoms. The minimum Gasteiger partial charge on any atom is -0.350 e. The van der Waals surface area contributed by atoms with Gasteiger partial charge in [-0.05, 0) is 24.0 Å². The molecular weight excluding hydrogens is 200 g/mol. The van der Waals surface area contributed by atoms with Crippen LogP contribution in [0.5, 0.6) is 0 Å². The van der Waals surface area contributed by atoms with E-state index >= 15 is 0 Å². The van der Waals surface area contributed by atoms with Crippen molar-refractivity contribution in [3.05, 3.63) is 29.6 Å². The van der Waals surface area contributed by atoms with Crippen LogP contribution in [-0.4, -0.2) is 17.4 Å². The zero-order valence-electron chi connectivity index (χ0n) is 10.3. The molecule has 1 aromatic heterocycles. The summed E-state index contributed by atoms with van der Waals surface area (Å²) >= 11 is 0. The van der Waals surface area contributed by atoms with Crippen molar-refractivity contribution in [2.45, 2.75) is 33.6 Å². The number of hydrogen-bond donors (Lipinski definition) is 1. The average Bonchev–Trinajstić information content (AvgIpc) is 2.27. The van der Waals surface area contributed by atoms with Crippen LogP contribution in [0.15, 0.2) is 18.3 Å². The first-order valence-corrected chi connectivity index (χ1v) is 5.86. The van der Waals surface area contributed by atoms with Gasteiger partial charge < -0.3 is 5.32 Å². The molecule has 3 nitrogen and oxygen atoms in total. The van der Waals surface area contributed by atoms with Crippen LogP contribution in [0.25, 0.3) is 0 Å². The van der Waals surface area contributed by atoms with Gasteiger partial charge in [0.25, 0.3) is 5.91 Å². The zero-order chi connectivity index (χ0) is 12.0. The second-order valence-corrected chi connectivity index (χ2v) is 4.41. The first kappa shape index (κ1) is 12.7. The third-order valence-corrected chi connectivity index (χ3v) is 2.27. The molecule has 1 N–H and O–H groups in total. The molecule has 88 valence electrons. The van der Waals surface area contributed by atoms with Crippen molar-refractivity contribution in [1.29, 1.82) is 0 Å². The number of amides is 1. The summed E-state index contributed by atoms with van der Waals surface area (Å²) in [7, 11) is 0. The first-order chi connectivity index (χ1) is 7.63. The molecule has 0 bridgehead atoms. The van der Waals surface area contributed by atoms with E-state index in [0.717, 1.165) is 12.8 Å². The summed E-state index contributed by atoms with van der Waals surface area (Å²) in [5.41, 5.74) is 1.68. The molecule has 0 aliphatic rings. The maximum absolute atomic E-state index is 11.6. The van der Waals surface area contributed by atoms with Crippen LogP contribution in [0.3, 0.4) is 0 Å². The highest BCUT2D eigenvalue weighted by atomic mass is 16.1. The molecule has 0 aliphatic heterocycles. The summed E-state index contributed by atoms with van der Waals surface area (Å²) in [6.07, 6.45) is 3.90. The Labute approximate surface area is 97.3 Å². The van der Waals surface area contributed by atoms with Gasteiger partial charge in [0.05, 0.1) is 0 Å². The Hall–Kier alpha value is -1.38. The second-order valence-electron chi connectivity index (χ2n) is 4.41. The SMILES string of the molecule is CCCc1ccc(C(=O)NCC(C)C)nc1. The summed E-state index contributed by atoms with van der Waals surface area (Å²) in [6.45, 7) is 6.95. The number of carbonyl (C=O) groups is 1. The van der Waals surface area contributed by atoms with Crippen molar-refractivity contribution in [3.8, 4) is 0 Å². The van der Waals surface area contributed by atoms with Crippen LogP contribution in [0, 0.1) is 5.92 Å². The molecule has 3 heteroatoms. The van der Waals surface area contributed by atoms with Gasteiger partial charge in [-0.25, -0.2) is 0 Å². The first-order valence-electron chi connectivity index (χ1n) is 5.86. The van der Waals surface area contributed by atoms with E-state index in [-0.39, 0.29) is 5.91 Å². The predicted molar refractivity (Wildman–Crippen MR) is 65.4 cm³/mol. The van der Waals surface area contributed by atoms with Crippen molar-refractivity contribution in [3.63, 3.8) is 0 Å². The van der Waals surface area contributed by atoms with E-state index in [9.17, 15) is 4.79 Å². The lowest BCUT2D eigenvalue weighted by molar-refractivity contribution is 0.0944. The molecule has 0 aromatic carbocycles. The normalized spacial score (nSPS) is 10.5. The van der Waals surface area contributed by atoms with Gasteiger partial charge in [0.1, 0.15) is 5.69 Å². The molecule has 1 amide bonds. The highest BCUT2D eigenvalue weighted by Crippen LogP contribution is 2.03. The van der Waals surface area contributed by atoms with Crippen molar-refractivity contribution in [2.75, 3.05) is 6.54 Å². The Morgan fingerprint density at radius 1 is 1.44 bits per heavy atom. The summed E-state index contributed by atoms with van der Waals surface area (Å²) in [5.74, 6) is 0.375. The Morgan fingerprint density at radius 3 is 2.69 bits per heavy atom. The number of nitrogens with one attached hydrogen (secondary N) is 1. The molecule has 0 saturated carbocycles. The molecule has 0 saturated heterocycles. The van der Waals surface area contributed by atoms with Crippen LogP contribution >= 0.6 is 0 Å². The Morgan fingerprint density at radius 2 is 2.19 bits per heavy atom. The fourth-order valence-electron chi connectivity index (χ4n) is 1.38. The molecule has 1 heterocycles. The minimum atomic E-state index is -0.0863. The van der Waals surface area contributed by atoms with E-state index in [1.165, 1.54) is 5.56 Å². The Bertz CT molecular complexity index is 330. The van der Waals surface area contributed by atoms with Crippen LogP contribution in [0.2, 0.25) is 0 Å². The lowest BCUT2D eigenvalue weighted by Crippen LogP contribution is -2.28. The minimum absolute atomic E-state index is 0.0863. The van der Waals surface area contributed by atoms with E-state index in [1.807, 2.05) is 6.07 Å². The third-order valence-electron chi connectivity index (χ3n) is 2.27.